The van der Waals surface area contributed by atoms with Gasteiger partial charge in [0.15, 0.2) is 5.96 Å². The highest BCUT2D eigenvalue weighted by atomic mass is 15.3. The predicted octanol–water partition coefficient (Wildman–Crippen LogP) is 3.14. The van der Waals surface area contributed by atoms with Crippen LogP contribution in [0.15, 0.2) is 72.0 Å². The molecule has 156 valence electrons. The van der Waals surface area contributed by atoms with Crippen molar-refractivity contribution in [2.24, 2.45) is 4.99 Å². The largest absolute Gasteiger partial charge is 0.368 e. The number of piperazine rings is 1. The number of guanidine groups is 1. The molecule has 4 rings (SSSR count). The van der Waals surface area contributed by atoms with Crippen LogP contribution in [-0.2, 0) is 13.1 Å². The van der Waals surface area contributed by atoms with Gasteiger partial charge in [-0.15, -0.1) is 0 Å². The lowest BCUT2D eigenvalue weighted by atomic mass is 10.1. The molecule has 0 unspecified atom stereocenters. The lowest BCUT2D eigenvalue weighted by Crippen LogP contribution is -2.52. The number of hydrogen-bond donors (Lipinski definition) is 1. The monoisotopic (exact) mass is 402 g/mol. The summed E-state index contributed by atoms with van der Waals surface area (Å²) in [6.45, 7) is 7.59. The van der Waals surface area contributed by atoms with Crippen LogP contribution in [0.25, 0.3) is 0 Å². The van der Waals surface area contributed by atoms with Crippen LogP contribution in [0.4, 0.5) is 5.69 Å². The maximum Gasteiger partial charge on any atom is 0.194 e. The first kappa shape index (κ1) is 20.0. The second-order valence-corrected chi connectivity index (χ2v) is 7.63. The molecular formula is C24H30N6. The molecule has 0 spiro atoms. The molecule has 1 fully saturated rings. The fraction of sp³-hybridized carbons (Fsp3) is 0.333. The van der Waals surface area contributed by atoms with E-state index >= 15 is 0 Å². The van der Waals surface area contributed by atoms with Crippen molar-refractivity contribution >= 4 is 11.6 Å². The van der Waals surface area contributed by atoms with Crippen molar-refractivity contribution in [2.45, 2.75) is 20.0 Å². The first-order chi connectivity index (χ1) is 14.7. The van der Waals surface area contributed by atoms with Crippen molar-refractivity contribution in [1.29, 1.82) is 0 Å². The zero-order chi connectivity index (χ0) is 20.8. The van der Waals surface area contributed by atoms with E-state index in [1.54, 1.807) is 0 Å². The number of aliphatic imine (C=N–C) groups is 1. The number of nitrogens with one attached hydrogen (secondary N) is 1. The Morgan fingerprint density at radius 3 is 2.47 bits per heavy atom. The van der Waals surface area contributed by atoms with Gasteiger partial charge in [0.2, 0.25) is 0 Å². The maximum atomic E-state index is 4.52. The molecule has 0 radical (unpaired) electrons. The van der Waals surface area contributed by atoms with Crippen LogP contribution in [-0.4, -0.2) is 53.6 Å². The van der Waals surface area contributed by atoms with Gasteiger partial charge in [-0.2, -0.15) is 0 Å². The maximum absolute atomic E-state index is 4.52. The van der Waals surface area contributed by atoms with Crippen molar-refractivity contribution in [1.82, 2.24) is 19.8 Å². The van der Waals surface area contributed by atoms with Crippen LogP contribution in [0.1, 0.15) is 17.0 Å². The van der Waals surface area contributed by atoms with Crippen LogP contribution < -0.4 is 10.2 Å². The Morgan fingerprint density at radius 1 is 1.00 bits per heavy atom. The molecule has 1 aliphatic heterocycles. The van der Waals surface area contributed by atoms with Crippen molar-refractivity contribution < 1.29 is 0 Å². The Hall–Kier alpha value is -3.28. The van der Waals surface area contributed by atoms with Gasteiger partial charge in [-0.3, -0.25) is 4.99 Å². The lowest BCUT2D eigenvalue weighted by Gasteiger charge is -2.37. The first-order valence-electron chi connectivity index (χ1n) is 10.5. The summed E-state index contributed by atoms with van der Waals surface area (Å²) in [4.78, 5) is 13.6. The molecule has 1 aliphatic rings. The molecule has 0 aliphatic carbocycles. The van der Waals surface area contributed by atoms with Crippen LogP contribution in [0.3, 0.4) is 0 Å². The third-order valence-corrected chi connectivity index (χ3v) is 5.63. The Bertz CT molecular complexity index is 970. The van der Waals surface area contributed by atoms with Gasteiger partial charge in [-0.25, -0.2) is 4.98 Å². The van der Waals surface area contributed by atoms with Crippen molar-refractivity contribution in [2.75, 3.05) is 38.1 Å². The molecule has 0 atom stereocenters. The van der Waals surface area contributed by atoms with Gasteiger partial charge in [0.1, 0.15) is 5.82 Å². The Balaban J connectivity index is 1.32. The van der Waals surface area contributed by atoms with Gasteiger partial charge in [0.05, 0.1) is 0 Å². The molecule has 1 aromatic heterocycles. The average molecular weight is 403 g/mol. The molecule has 1 N–H and O–H groups in total. The van der Waals surface area contributed by atoms with Gasteiger partial charge < -0.3 is 19.7 Å². The number of anilines is 1. The number of nitrogens with zero attached hydrogens (tertiary/aromatic N) is 5. The SMILES string of the molecule is CN=C(NCc1cccc(Cn2ccnc2C)c1)N1CCN(c2ccccc2)CC1. The highest BCUT2D eigenvalue weighted by Crippen LogP contribution is 2.16. The molecule has 0 amide bonds. The van der Waals surface area contributed by atoms with Crippen molar-refractivity contribution in [3.8, 4) is 0 Å². The summed E-state index contributed by atoms with van der Waals surface area (Å²) in [6, 6.07) is 19.3. The number of aromatic nitrogens is 2. The van der Waals surface area contributed by atoms with Crippen LogP contribution in [0.2, 0.25) is 0 Å². The Morgan fingerprint density at radius 2 is 1.77 bits per heavy atom. The van der Waals surface area contributed by atoms with E-state index in [1.807, 2.05) is 26.4 Å². The molecular weight excluding hydrogens is 372 g/mol. The molecule has 2 aromatic carbocycles. The molecule has 2 heterocycles. The third kappa shape index (κ3) is 4.82. The fourth-order valence-electron chi connectivity index (χ4n) is 3.93. The average Bonchev–Trinajstić information content (AvgIpc) is 3.20. The number of rotatable bonds is 5. The zero-order valence-electron chi connectivity index (χ0n) is 17.8. The molecule has 0 saturated carbocycles. The van der Waals surface area contributed by atoms with E-state index in [0.717, 1.165) is 51.1 Å². The number of imidazole rings is 1. The summed E-state index contributed by atoms with van der Waals surface area (Å²) in [5, 5.41) is 3.55. The van der Waals surface area contributed by atoms with E-state index in [9.17, 15) is 0 Å². The summed E-state index contributed by atoms with van der Waals surface area (Å²) in [6.07, 6.45) is 3.87. The Kier molecular flexibility index (Phi) is 6.32. The smallest absolute Gasteiger partial charge is 0.194 e. The summed E-state index contributed by atoms with van der Waals surface area (Å²) in [7, 11) is 1.87. The van der Waals surface area contributed by atoms with Gasteiger partial charge in [-0.1, -0.05) is 42.5 Å². The molecule has 6 heteroatoms. The second kappa shape index (κ2) is 9.48. The Labute approximate surface area is 178 Å². The highest BCUT2D eigenvalue weighted by molar-refractivity contribution is 5.80. The topological polar surface area (TPSA) is 48.7 Å². The quantitative estimate of drug-likeness (QED) is 0.526. The van der Waals surface area contributed by atoms with Crippen LogP contribution >= 0.6 is 0 Å². The zero-order valence-corrected chi connectivity index (χ0v) is 17.8. The minimum atomic E-state index is 0.766. The molecule has 0 bridgehead atoms. The summed E-state index contributed by atoms with van der Waals surface area (Å²) < 4.78 is 2.16. The van der Waals surface area contributed by atoms with E-state index < -0.39 is 0 Å². The summed E-state index contributed by atoms with van der Waals surface area (Å²) in [5.74, 6) is 2.01. The molecule has 1 saturated heterocycles. The molecule has 3 aromatic rings. The normalized spacial score (nSPS) is 14.8. The number of aryl methyl sites for hydroxylation is 1. The molecule has 6 nitrogen and oxygen atoms in total. The van der Waals surface area contributed by atoms with E-state index in [-0.39, 0.29) is 0 Å². The summed E-state index contributed by atoms with van der Waals surface area (Å²) >= 11 is 0. The van der Waals surface area contributed by atoms with E-state index in [4.69, 9.17) is 0 Å². The number of para-hydroxylation sites is 1. The van der Waals surface area contributed by atoms with Crippen molar-refractivity contribution in [3.63, 3.8) is 0 Å². The predicted molar refractivity (Wildman–Crippen MR) is 123 cm³/mol. The van der Waals surface area contributed by atoms with E-state index in [1.165, 1.54) is 16.8 Å². The van der Waals surface area contributed by atoms with Crippen LogP contribution in [0, 0.1) is 6.92 Å². The number of benzene rings is 2. The first-order valence-corrected chi connectivity index (χ1v) is 10.5. The standard InChI is InChI=1S/C24H30N6/c1-20-26-11-12-30(20)19-22-8-6-7-21(17-22)18-27-24(25-2)29-15-13-28(14-16-29)23-9-4-3-5-10-23/h3-12,17H,13-16,18-19H2,1-2H3,(H,25,27). The molecule has 30 heavy (non-hydrogen) atoms. The highest BCUT2D eigenvalue weighted by Gasteiger charge is 2.19. The number of hydrogen-bond acceptors (Lipinski definition) is 3. The van der Waals surface area contributed by atoms with Gasteiger partial charge in [0, 0.05) is 64.4 Å². The third-order valence-electron chi connectivity index (χ3n) is 5.63. The minimum Gasteiger partial charge on any atom is -0.368 e. The van der Waals surface area contributed by atoms with E-state index in [0.29, 0.717) is 0 Å². The van der Waals surface area contributed by atoms with Gasteiger partial charge in [-0.05, 0) is 30.2 Å². The van der Waals surface area contributed by atoms with E-state index in [2.05, 4.69) is 84.3 Å². The lowest BCUT2D eigenvalue weighted by molar-refractivity contribution is 0.372. The van der Waals surface area contributed by atoms with Crippen LogP contribution in [0.5, 0.6) is 0 Å². The summed E-state index contributed by atoms with van der Waals surface area (Å²) in [5.41, 5.74) is 3.83. The fourth-order valence-corrected chi connectivity index (χ4v) is 3.93. The minimum absolute atomic E-state index is 0.766. The second-order valence-electron chi connectivity index (χ2n) is 7.63. The van der Waals surface area contributed by atoms with Gasteiger partial charge in [0.25, 0.3) is 0 Å². The van der Waals surface area contributed by atoms with Gasteiger partial charge >= 0.3 is 0 Å². The van der Waals surface area contributed by atoms with Crippen molar-refractivity contribution in [3.05, 3.63) is 83.9 Å².